The van der Waals surface area contributed by atoms with Gasteiger partial charge in [-0.15, -0.1) is 0 Å². The summed E-state index contributed by atoms with van der Waals surface area (Å²) in [5, 5.41) is 0. The molecule has 0 saturated carbocycles. The Bertz CT molecular complexity index is 314. The van der Waals surface area contributed by atoms with E-state index in [0.717, 1.165) is 11.1 Å². The molecule has 0 fully saturated rings. The maximum atomic E-state index is 13.7. The number of ether oxygens (including phenoxy) is 1. The van der Waals surface area contributed by atoms with Crippen LogP contribution in [0.15, 0.2) is 12.1 Å². The van der Waals surface area contributed by atoms with E-state index in [1.807, 2.05) is 33.8 Å². The number of benzene rings is 1. The average Bonchev–Trinajstić information content (AvgIpc) is 1.99. The molecule has 0 amide bonds. The molecule has 1 rings (SSSR count). The summed E-state index contributed by atoms with van der Waals surface area (Å²) in [5.74, 6) is 0.391. The Morgan fingerprint density at radius 3 is 2.14 bits per heavy atom. The van der Waals surface area contributed by atoms with Crippen molar-refractivity contribution in [3.8, 4) is 5.75 Å². The summed E-state index contributed by atoms with van der Waals surface area (Å²) >= 11 is 0. The molecular weight excluding hydrogens is 179 g/mol. The van der Waals surface area contributed by atoms with E-state index in [9.17, 15) is 4.39 Å². The smallest absolute Gasteiger partial charge is 0.130 e. The highest BCUT2D eigenvalue weighted by Gasteiger charge is 2.21. The zero-order valence-corrected chi connectivity index (χ0v) is 9.44. The van der Waals surface area contributed by atoms with Gasteiger partial charge in [0.15, 0.2) is 0 Å². The lowest BCUT2D eigenvalue weighted by Gasteiger charge is -2.22. The summed E-state index contributed by atoms with van der Waals surface area (Å²) in [4.78, 5) is 0. The highest BCUT2D eigenvalue weighted by molar-refractivity contribution is 5.39. The minimum absolute atomic E-state index is 0.166. The zero-order valence-electron chi connectivity index (χ0n) is 9.44. The van der Waals surface area contributed by atoms with Crippen LogP contribution in [0.25, 0.3) is 0 Å². The molecule has 0 aliphatic rings. The molecule has 0 unspecified atom stereocenters. The van der Waals surface area contributed by atoms with E-state index >= 15 is 0 Å². The molecule has 0 atom stereocenters. The molecule has 0 N–H and O–H groups in total. The van der Waals surface area contributed by atoms with Gasteiger partial charge < -0.3 is 4.74 Å². The molecule has 0 heterocycles. The second-order valence-electron chi connectivity index (χ2n) is 4.55. The molecule has 14 heavy (non-hydrogen) atoms. The normalized spacial score (nSPS) is 11.6. The molecule has 0 aliphatic carbocycles. The molecule has 0 aromatic heterocycles. The lowest BCUT2D eigenvalue weighted by atomic mass is 9.83. The number of hydrogen-bond acceptors (Lipinski definition) is 1. The quantitative estimate of drug-likeness (QED) is 0.668. The van der Waals surface area contributed by atoms with Gasteiger partial charge in [-0.1, -0.05) is 20.8 Å². The number of hydrogen-bond donors (Lipinski definition) is 0. The third-order valence-corrected chi connectivity index (χ3v) is 2.25. The Morgan fingerprint density at radius 1 is 1.21 bits per heavy atom. The van der Waals surface area contributed by atoms with Gasteiger partial charge >= 0.3 is 0 Å². The largest absolute Gasteiger partial charge is 0.497 e. The van der Waals surface area contributed by atoms with Crippen LogP contribution in [0, 0.1) is 12.7 Å². The predicted molar refractivity (Wildman–Crippen MR) is 56.4 cm³/mol. The van der Waals surface area contributed by atoms with Crippen molar-refractivity contribution in [1.29, 1.82) is 0 Å². The van der Waals surface area contributed by atoms with Crippen LogP contribution in [-0.2, 0) is 5.41 Å². The van der Waals surface area contributed by atoms with Crippen molar-refractivity contribution in [2.75, 3.05) is 7.11 Å². The first-order chi connectivity index (χ1) is 6.36. The van der Waals surface area contributed by atoms with Crippen molar-refractivity contribution in [1.82, 2.24) is 0 Å². The Morgan fingerprint density at radius 2 is 1.79 bits per heavy atom. The number of rotatable bonds is 1. The fourth-order valence-corrected chi connectivity index (χ4v) is 1.78. The number of halogens is 1. The summed E-state index contributed by atoms with van der Waals surface area (Å²) < 4.78 is 18.7. The zero-order chi connectivity index (χ0) is 10.9. The maximum absolute atomic E-state index is 13.7. The minimum atomic E-state index is -0.186. The Kier molecular flexibility index (Phi) is 2.84. The van der Waals surface area contributed by atoms with Gasteiger partial charge in [-0.3, -0.25) is 0 Å². The van der Waals surface area contributed by atoms with E-state index in [-0.39, 0.29) is 11.2 Å². The van der Waals surface area contributed by atoms with Crippen molar-refractivity contribution in [2.45, 2.75) is 33.1 Å². The number of methoxy groups -OCH3 is 1. The van der Waals surface area contributed by atoms with Gasteiger partial charge in [-0.25, -0.2) is 4.39 Å². The van der Waals surface area contributed by atoms with Crippen LogP contribution in [0.4, 0.5) is 4.39 Å². The average molecular weight is 196 g/mol. The topological polar surface area (TPSA) is 9.23 Å². The Hall–Kier alpha value is -1.05. The van der Waals surface area contributed by atoms with Gasteiger partial charge in [0.2, 0.25) is 0 Å². The first-order valence-electron chi connectivity index (χ1n) is 4.71. The van der Waals surface area contributed by atoms with Crippen LogP contribution < -0.4 is 4.74 Å². The Labute approximate surface area is 84.9 Å². The molecule has 0 spiro atoms. The van der Waals surface area contributed by atoms with Gasteiger partial charge in [-0.05, 0) is 29.5 Å². The highest BCUT2D eigenvalue weighted by Crippen LogP contribution is 2.31. The SMILES string of the molecule is COc1cc(C)c(C(C)(C)C)c(F)c1. The van der Waals surface area contributed by atoms with Crippen LogP contribution in [0.3, 0.4) is 0 Å². The van der Waals surface area contributed by atoms with E-state index in [1.54, 1.807) is 7.11 Å². The third kappa shape index (κ3) is 2.06. The van der Waals surface area contributed by atoms with E-state index in [1.165, 1.54) is 6.07 Å². The van der Waals surface area contributed by atoms with Crippen LogP contribution in [-0.4, -0.2) is 7.11 Å². The molecule has 1 aromatic carbocycles. The second-order valence-corrected chi connectivity index (χ2v) is 4.55. The predicted octanol–water partition coefficient (Wildman–Crippen LogP) is 3.44. The second kappa shape index (κ2) is 3.60. The van der Waals surface area contributed by atoms with Crippen LogP contribution in [0.5, 0.6) is 5.75 Å². The molecule has 0 saturated heterocycles. The first kappa shape index (κ1) is 11.0. The first-order valence-corrected chi connectivity index (χ1v) is 4.71. The molecule has 1 aromatic rings. The highest BCUT2D eigenvalue weighted by atomic mass is 19.1. The summed E-state index contributed by atoms with van der Waals surface area (Å²) in [7, 11) is 1.55. The van der Waals surface area contributed by atoms with Crippen molar-refractivity contribution < 1.29 is 9.13 Å². The number of aryl methyl sites for hydroxylation is 1. The van der Waals surface area contributed by atoms with Crippen molar-refractivity contribution in [3.05, 3.63) is 29.1 Å². The fourth-order valence-electron chi connectivity index (χ4n) is 1.78. The van der Waals surface area contributed by atoms with E-state index in [4.69, 9.17) is 4.74 Å². The van der Waals surface area contributed by atoms with E-state index < -0.39 is 0 Å². The lowest BCUT2D eigenvalue weighted by Crippen LogP contribution is -2.15. The standard InChI is InChI=1S/C12H17FO/c1-8-6-9(14-5)7-10(13)11(8)12(2,3)4/h6-7H,1-5H3. The van der Waals surface area contributed by atoms with Gasteiger partial charge in [0.1, 0.15) is 11.6 Å². The molecule has 1 nitrogen and oxygen atoms in total. The molecule has 0 radical (unpaired) electrons. The van der Waals surface area contributed by atoms with Crippen molar-refractivity contribution in [3.63, 3.8) is 0 Å². The third-order valence-electron chi connectivity index (χ3n) is 2.25. The van der Waals surface area contributed by atoms with Gasteiger partial charge in [-0.2, -0.15) is 0 Å². The van der Waals surface area contributed by atoms with Gasteiger partial charge in [0, 0.05) is 6.07 Å². The van der Waals surface area contributed by atoms with Gasteiger partial charge in [0.05, 0.1) is 7.11 Å². The summed E-state index contributed by atoms with van der Waals surface area (Å²) in [6.07, 6.45) is 0. The van der Waals surface area contributed by atoms with Gasteiger partial charge in [0.25, 0.3) is 0 Å². The fraction of sp³-hybridized carbons (Fsp3) is 0.500. The summed E-state index contributed by atoms with van der Waals surface area (Å²) in [5.41, 5.74) is 1.54. The van der Waals surface area contributed by atoms with Crippen LogP contribution in [0.2, 0.25) is 0 Å². The molecule has 0 aliphatic heterocycles. The molecule has 0 bridgehead atoms. The molecule has 2 heteroatoms. The maximum Gasteiger partial charge on any atom is 0.130 e. The lowest BCUT2D eigenvalue weighted by molar-refractivity contribution is 0.408. The van der Waals surface area contributed by atoms with Crippen molar-refractivity contribution >= 4 is 0 Å². The van der Waals surface area contributed by atoms with E-state index in [0.29, 0.717) is 5.75 Å². The molecular formula is C12H17FO. The summed E-state index contributed by atoms with van der Waals surface area (Å²) in [6.45, 7) is 7.92. The minimum Gasteiger partial charge on any atom is -0.497 e. The Balaban J connectivity index is 3.33. The molecule has 78 valence electrons. The van der Waals surface area contributed by atoms with Crippen molar-refractivity contribution in [2.24, 2.45) is 0 Å². The van der Waals surface area contributed by atoms with E-state index in [2.05, 4.69) is 0 Å². The van der Waals surface area contributed by atoms with Crippen LogP contribution in [0.1, 0.15) is 31.9 Å². The van der Waals surface area contributed by atoms with Crippen LogP contribution >= 0.6 is 0 Å². The summed E-state index contributed by atoms with van der Waals surface area (Å²) in [6, 6.07) is 3.30. The monoisotopic (exact) mass is 196 g/mol.